The third kappa shape index (κ3) is 3.64. The Hall–Kier alpha value is -3.47. The summed E-state index contributed by atoms with van der Waals surface area (Å²) in [6, 6.07) is 22.4. The monoisotopic (exact) mass is 376 g/mol. The molecule has 1 aliphatic rings. The zero-order valence-electron chi connectivity index (χ0n) is 15.4. The van der Waals surface area contributed by atoms with Gasteiger partial charge in [-0.15, -0.1) is 0 Å². The summed E-state index contributed by atoms with van der Waals surface area (Å²) in [5.41, 5.74) is 2.83. The van der Waals surface area contributed by atoms with Gasteiger partial charge in [0.05, 0.1) is 0 Å². The first-order chi connectivity index (χ1) is 13.6. The number of carboxylic acid groups (broad SMARTS) is 1. The summed E-state index contributed by atoms with van der Waals surface area (Å²) in [5.74, 6) is 0.416. The molecule has 2 atom stereocenters. The maximum absolute atomic E-state index is 11.8. The van der Waals surface area contributed by atoms with Crippen LogP contribution in [-0.2, 0) is 11.4 Å². The molecule has 1 N–H and O–H groups in total. The van der Waals surface area contributed by atoms with E-state index in [-0.39, 0.29) is 0 Å². The van der Waals surface area contributed by atoms with Gasteiger partial charge in [0, 0.05) is 5.56 Å². The highest BCUT2D eigenvalue weighted by atomic mass is 16.6. The van der Waals surface area contributed by atoms with Gasteiger partial charge in [0.1, 0.15) is 12.4 Å². The average Bonchev–Trinajstić information content (AvgIpc) is 2.71. The van der Waals surface area contributed by atoms with Gasteiger partial charge in [-0.3, -0.25) is 0 Å². The molecule has 0 aliphatic carbocycles. The lowest BCUT2D eigenvalue weighted by Gasteiger charge is -2.32. The molecule has 142 valence electrons. The second-order valence-corrected chi connectivity index (χ2v) is 6.68. The van der Waals surface area contributed by atoms with Crippen molar-refractivity contribution in [3.63, 3.8) is 0 Å². The number of benzene rings is 3. The smallest absolute Gasteiger partial charge is 0.349 e. The zero-order chi connectivity index (χ0) is 19.5. The van der Waals surface area contributed by atoms with Gasteiger partial charge >= 0.3 is 5.97 Å². The fourth-order valence-electron chi connectivity index (χ4n) is 3.26. The van der Waals surface area contributed by atoms with Crippen LogP contribution in [-0.4, -0.2) is 17.2 Å². The van der Waals surface area contributed by atoms with Crippen LogP contribution in [0, 0.1) is 6.92 Å². The number of fused-ring (bicyclic) bond motifs is 1. The number of aryl methyl sites for hydroxylation is 1. The van der Waals surface area contributed by atoms with Gasteiger partial charge in [-0.05, 0) is 30.7 Å². The molecule has 28 heavy (non-hydrogen) atoms. The first-order valence-corrected chi connectivity index (χ1v) is 9.04. The van der Waals surface area contributed by atoms with Gasteiger partial charge in [0.15, 0.2) is 17.6 Å². The number of ether oxygens (including phenoxy) is 3. The molecule has 3 aromatic carbocycles. The van der Waals surface area contributed by atoms with Gasteiger partial charge in [-0.2, -0.15) is 0 Å². The number of hydrogen-bond donors (Lipinski definition) is 1. The molecule has 1 heterocycles. The molecule has 0 bridgehead atoms. The van der Waals surface area contributed by atoms with Crippen LogP contribution in [0.25, 0.3) is 0 Å². The molecule has 0 radical (unpaired) electrons. The Morgan fingerprint density at radius 1 is 0.964 bits per heavy atom. The number of para-hydroxylation sites is 3. The van der Waals surface area contributed by atoms with E-state index >= 15 is 0 Å². The standard InChI is InChI=1S/C23H20O5/c1-15-7-6-8-16(13-15)14-26-18-10-3-2-9-17(18)21-22(23(24)25)28-20-12-5-4-11-19(20)27-21/h2-13,21-22H,14H2,1H3,(H,24,25). The molecule has 3 aromatic rings. The molecule has 0 fully saturated rings. The van der Waals surface area contributed by atoms with E-state index in [9.17, 15) is 9.90 Å². The Kier molecular flexibility index (Phi) is 4.89. The van der Waals surface area contributed by atoms with E-state index in [1.165, 1.54) is 0 Å². The van der Waals surface area contributed by atoms with Crippen LogP contribution >= 0.6 is 0 Å². The van der Waals surface area contributed by atoms with E-state index in [2.05, 4.69) is 6.07 Å². The summed E-state index contributed by atoms with van der Waals surface area (Å²) >= 11 is 0. The van der Waals surface area contributed by atoms with Crippen molar-refractivity contribution < 1.29 is 24.1 Å². The van der Waals surface area contributed by atoms with Crippen LogP contribution in [0.3, 0.4) is 0 Å². The summed E-state index contributed by atoms with van der Waals surface area (Å²) in [6.45, 7) is 2.40. The summed E-state index contributed by atoms with van der Waals surface area (Å²) in [4.78, 5) is 11.8. The quantitative estimate of drug-likeness (QED) is 0.708. The molecule has 4 rings (SSSR count). The lowest BCUT2D eigenvalue weighted by molar-refractivity contribution is -0.151. The number of carboxylic acids is 1. The second kappa shape index (κ2) is 7.64. The Labute approximate surface area is 163 Å². The van der Waals surface area contributed by atoms with E-state index in [1.807, 2.05) is 55.5 Å². The number of aliphatic carboxylic acids is 1. The predicted octanol–water partition coefficient (Wildman–Crippen LogP) is 4.54. The van der Waals surface area contributed by atoms with Gasteiger partial charge in [0.25, 0.3) is 0 Å². The molecule has 2 unspecified atom stereocenters. The van der Waals surface area contributed by atoms with Crippen LogP contribution in [0.15, 0.2) is 72.8 Å². The van der Waals surface area contributed by atoms with Crippen LogP contribution in [0.2, 0.25) is 0 Å². The van der Waals surface area contributed by atoms with Crippen molar-refractivity contribution in [2.24, 2.45) is 0 Å². The minimum absolute atomic E-state index is 0.376. The van der Waals surface area contributed by atoms with Crippen molar-refractivity contribution in [3.8, 4) is 17.2 Å². The van der Waals surface area contributed by atoms with E-state index in [1.54, 1.807) is 18.2 Å². The summed E-state index contributed by atoms with van der Waals surface area (Å²) in [7, 11) is 0. The van der Waals surface area contributed by atoms with E-state index in [0.29, 0.717) is 29.4 Å². The molecular weight excluding hydrogens is 356 g/mol. The maximum atomic E-state index is 11.8. The van der Waals surface area contributed by atoms with Crippen molar-refractivity contribution in [2.75, 3.05) is 0 Å². The molecule has 0 saturated heterocycles. The first kappa shape index (κ1) is 17.9. The topological polar surface area (TPSA) is 65.0 Å². The molecule has 5 nitrogen and oxygen atoms in total. The van der Waals surface area contributed by atoms with E-state index in [4.69, 9.17) is 14.2 Å². The number of carbonyl (C=O) groups is 1. The van der Waals surface area contributed by atoms with E-state index in [0.717, 1.165) is 11.1 Å². The third-order valence-electron chi connectivity index (χ3n) is 4.58. The Bertz CT molecular complexity index is 998. The SMILES string of the molecule is Cc1cccc(COc2ccccc2C2Oc3ccccc3OC2C(=O)O)c1. The first-order valence-electron chi connectivity index (χ1n) is 9.04. The van der Waals surface area contributed by atoms with Gasteiger partial charge < -0.3 is 19.3 Å². The largest absolute Gasteiger partial charge is 0.488 e. The highest BCUT2D eigenvalue weighted by Gasteiger charge is 2.39. The molecule has 0 aromatic heterocycles. The zero-order valence-corrected chi connectivity index (χ0v) is 15.4. The molecule has 0 amide bonds. The Morgan fingerprint density at radius 3 is 2.43 bits per heavy atom. The fraction of sp³-hybridized carbons (Fsp3) is 0.174. The average molecular weight is 376 g/mol. The van der Waals surface area contributed by atoms with Crippen molar-refractivity contribution in [2.45, 2.75) is 25.7 Å². The lowest BCUT2D eigenvalue weighted by Crippen LogP contribution is -2.39. The molecule has 1 aliphatic heterocycles. The normalized spacial score (nSPS) is 17.8. The highest BCUT2D eigenvalue weighted by molar-refractivity contribution is 5.75. The molecule has 0 saturated carbocycles. The summed E-state index contributed by atoms with van der Waals surface area (Å²) in [5, 5.41) is 9.68. The van der Waals surface area contributed by atoms with Crippen molar-refractivity contribution in [1.82, 2.24) is 0 Å². The Morgan fingerprint density at radius 2 is 1.68 bits per heavy atom. The number of rotatable bonds is 5. The van der Waals surface area contributed by atoms with Gasteiger partial charge in [0.2, 0.25) is 6.10 Å². The Balaban J connectivity index is 1.63. The fourth-order valence-corrected chi connectivity index (χ4v) is 3.26. The number of hydrogen-bond acceptors (Lipinski definition) is 4. The van der Waals surface area contributed by atoms with E-state index < -0.39 is 18.2 Å². The molecule has 0 spiro atoms. The summed E-state index contributed by atoms with van der Waals surface area (Å²) < 4.78 is 17.8. The van der Waals surface area contributed by atoms with Crippen molar-refractivity contribution >= 4 is 5.97 Å². The third-order valence-corrected chi connectivity index (χ3v) is 4.58. The molecule has 5 heteroatoms. The minimum atomic E-state index is -1.17. The molecular formula is C23H20O5. The van der Waals surface area contributed by atoms with Crippen LogP contribution < -0.4 is 14.2 Å². The maximum Gasteiger partial charge on any atom is 0.349 e. The van der Waals surface area contributed by atoms with Crippen LogP contribution in [0.4, 0.5) is 0 Å². The van der Waals surface area contributed by atoms with Crippen LogP contribution in [0.1, 0.15) is 22.8 Å². The summed E-state index contributed by atoms with van der Waals surface area (Å²) in [6.07, 6.45) is -1.99. The van der Waals surface area contributed by atoms with Gasteiger partial charge in [-0.25, -0.2) is 4.79 Å². The highest BCUT2D eigenvalue weighted by Crippen LogP contribution is 2.41. The van der Waals surface area contributed by atoms with Crippen LogP contribution in [0.5, 0.6) is 17.2 Å². The van der Waals surface area contributed by atoms with Gasteiger partial charge in [-0.1, -0.05) is 60.2 Å². The van der Waals surface area contributed by atoms with Crippen molar-refractivity contribution in [1.29, 1.82) is 0 Å². The van der Waals surface area contributed by atoms with Crippen molar-refractivity contribution in [3.05, 3.63) is 89.5 Å². The second-order valence-electron chi connectivity index (χ2n) is 6.68. The predicted molar refractivity (Wildman–Crippen MR) is 104 cm³/mol. The minimum Gasteiger partial charge on any atom is -0.488 e. The lowest BCUT2D eigenvalue weighted by atomic mass is 10.0.